The van der Waals surface area contributed by atoms with Crippen LogP contribution in [0.2, 0.25) is 0 Å². The van der Waals surface area contributed by atoms with Crippen molar-refractivity contribution in [3.05, 3.63) is 51.7 Å². The molecule has 2 aromatic rings. The molecule has 1 aromatic heterocycles. The number of thiazole rings is 1. The molecule has 2 N–H and O–H groups in total. The smallest absolute Gasteiger partial charge is 0.191 e. The third-order valence-corrected chi connectivity index (χ3v) is 3.87. The molecule has 112 valence electrons. The lowest BCUT2D eigenvalue weighted by molar-refractivity contribution is 0.626. The minimum Gasteiger partial charge on any atom is -0.356 e. The summed E-state index contributed by atoms with van der Waals surface area (Å²) in [7, 11) is 1.73. The largest absolute Gasteiger partial charge is 0.356 e. The molecule has 0 aliphatic carbocycles. The molecule has 1 aromatic carbocycles. The summed E-state index contributed by atoms with van der Waals surface area (Å²) >= 11 is 1.71. The van der Waals surface area contributed by atoms with Crippen LogP contribution >= 0.6 is 11.3 Å². The molecule has 0 aliphatic rings. The van der Waals surface area contributed by atoms with Crippen molar-refractivity contribution >= 4 is 17.3 Å². The van der Waals surface area contributed by atoms with Crippen molar-refractivity contribution in [1.29, 1.82) is 0 Å². The summed E-state index contributed by atoms with van der Waals surface area (Å²) in [6, 6.07) is 6.43. The van der Waals surface area contributed by atoms with Crippen LogP contribution in [0.25, 0.3) is 0 Å². The molecule has 21 heavy (non-hydrogen) atoms. The summed E-state index contributed by atoms with van der Waals surface area (Å²) in [6.07, 6.45) is 2.76. The molecule has 2 rings (SSSR count). The van der Waals surface area contributed by atoms with Gasteiger partial charge in [0.05, 0.1) is 5.01 Å². The highest BCUT2D eigenvalue weighted by Gasteiger charge is 2.01. The Labute approximate surface area is 128 Å². The van der Waals surface area contributed by atoms with Crippen molar-refractivity contribution in [2.45, 2.75) is 19.9 Å². The van der Waals surface area contributed by atoms with E-state index in [1.165, 1.54) is 17.0 Å². The van der Waals surface area contributed by atoms with E-state index in [1.807, 2.05) is 6.20 Å². The van der Waals surface area contributed by atoms with Gasteiger partial charge in [0.1, 0.15) is 5.82 Å². The van der Waals surface area contributed by atoms with Gasteiger partial charge in [0.15, 0.2) is 5.96 Å². The number of aromatic nitrogens is 1. The van der Waals surface area contributed by atoms with Gasteiger partial charge in [-0.15, -0.1) is 11.3 Å². The van der Waals surface area contributed by atoms with E-state index in [0.717, 1.165) is 29.5 Å². The first-order chi connectivity index (χ1) is 10.2. The molecule has 0 atom stereocenters. The van der Waals surface area contributed by atoms with E-state index in [-0.39, 0.29) is 5.82 Å². The highest BCUT2D eigenvalue weighted by Crippen LogP contribution is 2.10. The summed E-state index contributed by atoms with van der Waals surface area (Å²) < 4.78 is 12.8. The van der Waals surface area contributed by atoms with Crippen LogP contribution in [0.4, 0.5) is 4.39 Å². The number of nitrogens with one attached hydrogen (secondary N) is 2. The lowest BCUT2D eigenvalue weighted by Crippen LogP contribution is -2.37. The Morgan fingerprint density at radius 2 is 2.05 bits per heavy atom. The summed E-state index contributed by atoms with van der Waals surface area (Å²) in [5.41, 5.74) is 1.01. The number of aryl methyl sites for hydroxylation is 1. The Morgan fingerprint density at radius 1 is 1.29 bits per heavy atom. The highest BCUT2D eigenvalue weighted by molar-refractivity contribution is 7.11. The molecule has 0 saturated carbocycles. The number of hydrogen-bond donors (Lipinski definition) is 2. The van der Waals surface area contributed by atoms with Crippen LogP contribution in [-0.4, -0.2) is 24.5 Å². The van der Waals surface area contributed by atoms with E-state index in [1.54, 1.807) is 30.5 Å². The molecule has 1 heterocycles. The summed E-state index contributed by atoms with van der Waals surface area (Å²) in [4.78, 5) is 9.71. The van der Waals surface area contributed by atoms with Gasteiger partial charge < -0.3 is 10.6 Å². The molecule has 0 unspecified atom stereocenters. The van der Waals surface area contributed by atoms with E-state index < -0.39 is 0 Å². The van der Waals surface area contributed by atoms with Crippen LogP contribution in [-0.2, 0) is 13.0 Å². The van der Waals surface area contributed by atoms with Crippen LogP contribution in [0.5, 0.6) is 0 Å². The zero-order valence-electron chi connectivity index (χ0n) is 12.2. The Balaban J connectivity index is 1.74. The summed E-state index contributed by atoms with van der Waals surface area (Å²) in [5.74, 6) is 0.507. The Bertz CT molecular complexity index is 592. The van der Waals surface area contributed by atoms with Crippen LogP contribution in [0.1, 0.15) is 15.4 Å². The maximum atomic E-state index is 12.8. The summed E-state index contributed by atoms with van der Waals surface area (Å²) in [5, 5.41) is 7.56. The molecule has 0 amide bonds. The first kappa shape index (κ1) is 15.4. The molecule has 0 saturated heterocycles. The molecular formula is C15H19FN4S. The van der Waals surface area contributed by atoms with E-state index in [9.17, 15) is 4.39 Å². The van der Waals surface area contributed by atoms with E-state index in [4.69, 9.17) is 0 Å². The zero-order valence-corrected chi connectivity index (χ0v) is 13.0. The fraction of sp³-hybridized carbons (Fsp3) is 0.333. The average molecular weight is 306 g/mol. The van der Waals surface area contributed by atoms with E-state index >= 15 is 0 Å². The molecule has 0 aliphatic heterocycles. The number of guanidine groups is 1. The van der Waals surface area contributed by atoms with Crippen LogP contribution in [0, 0.1) is 12.7 Å². The maximum Gasteiger partial charge on any atom is 0.191 e. The first-order valence-electron chi connectivity index (χ1n) is 6.77. The lowest BCUT2D eigenvalue weighted by atomic mass is 10.2. The van der Waals surface area contributed by atoms with Crippen LogP contribution < -0.4 is 10.6 Å². The van der Waals surface area contributed by atoms with Gasteiger partial charge in [-0.3, -0.25) is 4.99 Å². The van der Waals surface area contributed by atoms with Crippen molar-refractivity contribution in [3.8, 4) is 0 Å². The minimum absolute atomic E-state index is 0.222. The number of hydrogen-bond acceptors (Lipinski definition) is 3. The summed E-state index contributed by atoms with van der Waals surface area (Å²) in [6.45, 7) is 3.43. The second-order valence-corrected chi connectivity index (χ2v) is 5.91. The van der Waals surface area contributed by atoms with Gasteiger partial charge in [-0.05, 0) is 24.6 Å². The standard InChI is InChI=1S/C15H19FN4S/c1-11-9-19-14(21-11)7-8-18-15(17-2)20-10-12-3-5-13(16)6-4-12/h3-6,9H,7-8,10H2,1-2H3,(H2,17,18,20). The molecule has 6 heteroatoms. The molecule has 0 bridgehead atoms. The number of aliphatic imine (C=N–C) groups is 1. The molecule has 4 nitrogen and oxygen atoms in total. The third-order valence-electron chi connectivity index (χ3n) is 2.90. The first-order valence-corrected chi connectivity index (χ1v) is 7.59. The molecule has 0 fully saturated rings. The molecular weight excluding hydrogens is 287 g/mol. The second kappa shape index (κ2) is 7.73. The van der Waals surface area contributed by atoms with Gasteiger partial charge in [-0.2, -0.15) is 0 Å². The van der Waals surface area contributed by atoms with Gasteiger partial charge in [-0.25, -0.2) is 9.37 Å². The van der Waals surface area contributed by atoms with Gasteiger partial charge in [0.2, 0.25) is 0 Å². The van der Waals surface area contributed by atoms with Crippen LogP contribution in [0.3, 0.4) is 0 Å². The van der Waals surface area contributed by atoms with E-state index in [2.05, 4.69) is 27.5 Å². The number of rotatable bonds is 5. The highest BCUT2D eigenvalue weighted by atomic mass is 32.1. The van der Waals surface area contributed by atoms with Crippen molar-refractivity contribution in [2.75, 3.05) is 13.6 Å². The normalized spacial score (nSPS) is 11.5. The topological polar surface area (TPSA) is 49.3 Å². The maximum absolute atomic E-state index is 12.8. The fourth-order valence-corrected chi connectivity index (χ4v) is 2.60. The minimum atomic E-state index is -0.222. The van der Waals surface area contributed by atoms with Crippen molar-refractivity contribution in [1.82, 2.24) is 15.6 Å². The van der Waals surface area contributed by atoms with Crippen molar-refractivity contribution < 1.29 is 4.39 Å². The van der Waals surface area contributed by atoms with Crippen molar-refractivity contribution in [3.63, 3.8) is 0 Å². The second-order valence-electron chi connectivity index (χ2n) is 4.59. The lowest BCUT2D eigenvalue weighted by Gasteiger charge is -2.11. The number of nitrogens with zero attached hydrogens (tertiary/aromatic N) is 2. The quantitative estimate of drug-likeness (QED) is 0.659. The predicted octanol–water partition coefficient (Wildman–Crippen LogP) is 2.50. The Kier molecular flexibility index (Phi) is 5.68. The molecule has 0 radical (unpaired) electrons. The zero-order chi connectivity index (χ0) is 15.1. The Hall–Kier alpha value is -1.95. The van der Waals surface area contributed by atoms with Crippen molar-refractivity contribution in [2.24, 2.45) is 4.99 Å². The van der Waals surface area contributed by atoms with Gasteiger partial charge in [0.25, 0.3) is 0 Å². The van der Waals surface area contributed by atoms with E-state index in [0.29, 0.717) is 6.54 Å². The predicted molar refractivity (Wildman–Crippen MR) is 85.2 cm³/mol. The molecule has 0 spiro atoms. The average Bonchev–Trinajstić information content (AvgIpc) is 2.90. The third kappa shape index (κ3) is 5.15. The SMILES string of the molecule is CN=C(NCCc1ncc(C)s1)NCc1ccc(F)cc1. The number of halogens is 1. The van der Waals surface area contributed by atoms with Gasteiger partial charge >= 0.3 is 0 Å². The number of benzene rings is 1. The Morgan fingerprint density at radius 3 is 2.67 bits per heavy atom. The van der Waals surface area contributed by atoms with Gasteiger partial charge in [0, 0.05) is 37.6 Å². The fourth-order valence-electron chi connectivity index (χ4n) is 1.81. The van der Waals surface area contributed by atoms with Crippen LogP contribution in [0.15, 0.2) is 35.5 Å². The monoisotopic (exact) mass is 306 g/mol. The van der Waals surface area contributed by atoms with Gasteiger partial charge in [-0.1, -0.05) is 12.1 Å².